The maximum Gasteiger partial charge on any atom is 0.408 e. The van der Waals surface area contributed by atoms with Crippen LogP contribution in [0, 0.1) is 0 Å². The first-order valence-corrected chi connectivity index (χ1v) is 6.49. The van der Waals surface area contributed by atoms with Crippen LogP contribution in [0.25, 0.3) is 0 Å². The second kappa shape index (κ2) is 6.92. The van der Waals surface area contributed by atoms with E-state index >= 15 is 0 Å². The van der Waals surface area contributed by atoms with Crippen LogP contribution in [0.15, 0.2) is 21.9 Å². The molecule has 9 heteroatoms. The van der Waals surface area contributed by atoms with Crippen molar-refractivity contribution in [2.75, 3.05) is 7.11 Å². The SMILES string of the molecule is COC(=O)C(Cn1ccc(=O)[nH]c1=O)NC(=O)OC(C)(C)C. The number of alkyl carbamates (subject to hydrolysis) is 1. The summed E-state index contributed by atoms with van der Waals surface area (Å²) in [4.78, 5) is 48.1. The van der Waals surface area contributed by atoms with E-state index in [4.69, 9.17) is 4.74 Å². The number of nitrogens with one attached hydrogen (secondary N) is 2. The lowest BCUT2D eigenvalue weighted by Gasteiger charge is -2.22. The van der Waals surface area contributed by atoms with Crippen molar-refractivity contribution in [3.8, 4) is 0 Å². The van der Waals surface area contributed by atoms with Gasteiger partial charge in [0.15, 0.2) is 0 Å². The Morgan fingerprint density at radius 2 is 2.00 bits per heavy atom. The van der Waals surface area contributed by atoms with E-state index in [0.717, 1.165) is 17.7 Å². The number of ether oxygens (including phenoxy) is 2. The number of hydrogen-bond donors (Lipinski definition) is 2. The molecular formula is C13H19N3O6. The monoisotopic (exact) mass is 313 g/mol. The lowest BCUT2D eigenvalue weighted by atomic mass is 10.2. The van der Waals surface area contributed by atoms with E-state index in [0.29, 0.717) is 0 Å². The molecule has 0 radical (unpaired) electrons. The van der Waals surface area contributed by atoms with Crippen LogP contribution in [0.5, 0.6) is 0 Å². The molecule has 1 amide bonds. The molecule has 1 aromatic rings. The summed E-state index contributed by atoms with van der Waals surface area (Å²) < 4.78 is 10.7. The molecule has 9 nitrogen and oxygen atoms in total. The van der Waals surface area contributed by atoms with Crippen LogP contribution in [0.2, 0.25) is 0 Å². The number of nitrogens with zero attached hydrogens (tertiary/aromatic N) is 1. The standard InChI is InChI=1S/C13H19N3O6/c1-13(2,3)22-12(20)14-8(10(18)21-4)7-16-6-5-9(17)15-11(16)19/h5-6,8H,7H2,1-4H3,(H,14,20)(H,15,17,19). The molecule has 0 spiro atoms. The van der Waals surface area contributed by atoms with E-state index in [1.807, 2.05) is 4.98 Å². The predicted octanol–water partition coefficient (Wildman–Crippen LogP) is -0.397. The quantitative estimate of drug-likeness (QED) is 0.730. The van der Waals surface area contributed by atoms with Crippen LogP contribution in [0.3, 0.4) is 0 Å². The third kappa shape index (κ3) is 5.43. The third-order valence-corrected chi connectivity index (χ3v) is 2.45. The summed E-state index contributed by atoms with van der Waals surface area (Å²) >= 11 is 0. The summed E-state index contributed by atoms with van der Waals surface area (Å²) in [5.74, 6) is -0.746. The molecule has 1 atom stereocenters. The van der Waals surface area contributed by atoms with Crippen molar-refractivity contribution in [2.45, 2.75) is 39.0 Å². The molecule has 0 aliphatic carbocycles. The normalized spacial score (nSPS) is 12.4. The van der Waals surface area contributed by atoms with Crippen LogP contribution in [-0.2, 0) is 20.8 Å². The lowest BCUT2D eigenvalue weighted by molar-refractivity contribution is -0.143. The van der Waals surface area contributed by atoms with Gasteiger partial charge < -0.3 is 14.8 Å². The number of hydrogen-bond acceptors (Lipinski definition) is 6. The van der Waals surface area contributed by atoms with Crippen molar-refractivity contribution in [3.63, 3.8) is 0 Å². The molecular weight excluding hydrogens is 294 g/mol. The van der Waals surface area contributed by atoms with E-state index < -0.39 is 35.0 Å². The summed E-state index contributed by atoms with van der Waals surface area (Å²) in [6.07, 6.45) is 0.397. The Hall–Kier alpha value is -2.58. The summed E-state index contributed by atoms with van der Waals surface area (Å²) in [5.41, 5.74) is -2.00. The van der Waals surface area contributed by atoms with Crippen LogP contribution < -0.4 is 16.6 Å². The number of aromatic amines is 1. The van der Waals surface area contributed by atoms with Crippen LogP contribution in [0.1, 0.15) is 20.8 Å². The zero-order valence-corrected chi connectivity index (χ0v) is 12.8. The minimum absolute atomic E-state index is 0.207. The van der Waals surface area contributed by atoms with Gasteiger partial charge in [0, 0.05) is 12.3 Å². The fourth-order valence-corrected chi connectivity index (χ4v) is 1.56. The van der Waals surface area contributed by atoms with Crippen molar-refractivity contribution in [1.82, 2.24) is 14.9 Å². The first-order valence-electron chi connectivity index (χ1n) is 6.49. The molecule has 22 heavy (non-hydrogen) atoms. The summed E-state index contributed by atoms with van der Waals surface area (Å²) in [7, 11) is 1.15. The van der Waals surface area contributed by atoms with E-state index in [1.54, 1.807) is 20.8 Å². The van der Waals surface area contributed by atoms with Crippen molar-refractivity contribution >= 4 is 12.1 Å². The average Bonchev–Trinajstić information content (AvgIpc) is 2.37. The van der Waals surface area contributed by atoms with Gasteiger partial charge in [-0.05, 0) is 20.8 Å². The summed E-state index contributed by atoms with van der Waals surface area (Å²) in [5, 5.41) is 2.33. The number of H-pyrrole nitrogens is 1. The van der Waals surface area contributed by atoms with Gasteiger partial charge in [0.25, 0.3) is 5.56 Å². The minimum atomic E-state index is -1.14. The smallest absolute Gasteiger partial charge is 0.408 e. The number of methoxy groups -OCH3 is 1. The molecule has 1 heterocycles. The number of esters is 1. The highest BCUT2D eigenvalue weighted by molar-refractivity contribution is 5.81. The second-order valence-electron chi connectivity index (χ2n) is 5.48. The Bertz CT molecular complexity index is 655. The number of amides is 1. The maximum absolute atomic E-state index is 11.7. The molecule has 1 unspecified atom stereocenters. The van der Waals surface area contributed by atoms with Gasteiger partial charge in [0.05, 0.1) is 13.7 Å². The van der Waals surface area contributed by atoms with Crippen LogP contribution >= 0.6 is 0 Å². The molecule has 0 aliphatic heterocycles. The molecule has 122 valence electrons. The topological polar surface area (TPSA) is 119 Å². The van der Waals surface area contributed by atoms with Crippen molar-refractivity contribution in [2.24, 2.45) is 0 Å². The van der Waals surface area contributed by atoms with Crippen LogP contribution in [-0.4, -0.2) is 40.4 Å². The van der Waals surface area contributed by atoms with E-state index in [-0.39, 0.29) is 6.54 Å². The highest BCUT2D eigenvalue weighted by Crippen LogP contribution is 2.07. The van der Waals surface area contributed by atoms with Crippen molar-refractivity contribution < 1.29 is 19.1 Å². The Kier molecular flexibility index (Phi) is 5.50. The molecule has 0 bridgehead atoms. The fourth-order valence-electron chi connectivity index (χ4n) is 1.56. The number of carbonyl (C=O) groups excluding carboxylic acids is 2. The second-order valence-corrected chi connectivity index (χ2v) is 5.48. The molecule has 0 saturated heterocycles. The van der Waals surface area contributed by atoms with Gasteiger partial charge in [-0.25, -0.2) is 14.4 Å². The summed E-state index contributed by atoms with van der Waals surface area (Å²) in [6, 6.07) is -0.00750. The van der Waals surface area contributed by atoms with Gasteiger partial charge in [-0.3, -0.25) is 14.3 Å². The molecule has 2 N–H and O–H groups in total. The average molecular weight is 313 g/mol. The Labute approximate surface area is 126 Å². The molecule has 1 aromatic heterocycles. The highest BCUT2D eigenvalue weighted by Gasteiger charge is 2.25. The fraction of sp³-hybridized carbons (Fsp3) is 0.538. The molecule has 1 rings (SSSR count). The zero-order chi connectivity index (χ0) is 16.9. The van der Waals surface area contributed by atoms with E-state index in [1.165, 1.54) is 6.20 Å². The van der Waals surface area contributed by atoms with Gasteiger partial charge in [-0.15, -0.1) is 0 Å². The van der Waals surface area contributed by atoms with Crippen molar-refractivity contribution in [1.29, 1.82) is 0 Å². The lowest BCUT2D eigenvalue weighted by Crippen LogP contribution is -2.48. The van der Waals surface area contributed by atoms with E-state index in [2.05, 4.69) is 10.1 Å². The Balaban J connectivity index is 2.90. The zero-order valence-electron chi connectivity index (χ0n) is 12.8. The first-order chi connectivity index (χ1) is 10.1. The van der Waals surface area contributed by atoms with Crippen LogP contribution in [0.4, 0.5) is 4.79 Å². The first kappa shape index (κ1) is 17.5. The van der Waals surface area contributed by atoms with Gasteiger partial charge in [0.1, 0.15) is 11.6 Å². The maximum atomic E-state index is 11.7. The summed E-state index contributed by atoms with van der Waals surface area (Å²) in [6.45, 7) is 4.81. The van der Waals surface area contributed by atoms with Gasteiger partial charge in [-0.2, -0.15) is 0 Å². The molecule has 0 fully saturated rings. The van der Waals surface area contributed by atoms with E-state index in [9.17, 15) is 19.2 Å². The predicted molar refractivity (Wildman–Crippen MR) is 76.5 cm³/mol. The Morgan fingerprint density at radius 3 is 2.50 bits per heavy atom. The number of aromatic nitrogens is 2. The molecule has 0 aliphatic rings. The van der Waals surface area contributed by atoms with Gasteiger partial charge >= 0.3 is 17.8 Å². The van der Waals surface area contributed by atoms with Gasteiger partial charge in [-0.1, -0.05) is 0 Å². The largest absolute Gasteiger partial charge is 0.467 e. The number of carbonyl (C=O) groups is 2. The Morgan fingerprint density at radius 1 is 1.36 bits per heavy atom. The van der Waals surface area contributed by atoms with Crippen molar-refractivity contribution in [3.05, 3.63) is 33.1 Å². The number of rotatable bonds is 4. The minimum Gasteiger partial charge on any atom is -0.467 e. The molecule has 0 aromatic carbocycles. The van der Waals surface area contributed by atoms with Gasteiger partial charge in [0.2, 0.25) is 0 Å². The highest BCUT2D eigenvalue weighted by atomic mass is 16.6. The third-order valence-electron chi connectivity index (χ3n) is 2.45. The molecule has 0 saturated carbocycles.